The number of nitrogens with one attached hydrogen (secondary N) is 2. The van der Waals surface area contributed by atoms with E-state index in [0.29, 0.717) is 17.1 Å². The Morgan fingerprint density at radius 3 is 2.30 bits per heavy atom. The first-order valence-corrected chi connectivity index (χ1v) is 6.09. The van der Waals surface area contributed by atoms with E-state index >= 15 is 0 Å². The number of aryl methyl sites for hydroxylation is 2. The minimum atomic E-state index is -0.477. The van der Waals surface area contributed by atoms with E-state index in [1.807, 2.05) is 0 Å². The Balaban J connectivity index is 2.04. The zero-order valence-electron chi connectivity index (χ0n) is 11.5. The van der Waals surface area contributed by atoms with Gasteiger partial charge in [-0.3, -0.25) is 25.4 Å². The number of amides is 2. The molecular weight excluding hydrogens is 258 g/mol. The predicted octanol–water partition coefficient (Wildman–Crippen LogP) is 1.67. The average molecular weight is 273 g/mol. The molecule has 2 aromatic rings. The second-order valence-electron chi connectivity index (χ2n) is 4.34. The van der Waals surface area contributed by atoms with E-state index in [2.05, 4.69) is 15.8 Å². The largest absolute Gasteiger partial charge is 0.466 e. The van der Waals surface area contributed by atoms with Crippen LogP contribution in [0.5, 0.6) is 0 Å². The molecule has 0 aliphatic carbocycles. The van der Waals surface area contributed by atoms with Gasteiger partial charge in [-0.2, -0.15) is 0 Å². The van der Waals surface area contributed by atoms with Crippen molar-refractivity contribution in [1.82, 2.24) is 15.8 Å². The minimum absolute atomic E-state index is 0.226. The number of rotatable bonds is 2. The van der Waals surface area contributed by atoms with Gasteiger partial charge in [-0.1, -0.05) is 6.07 Å². The van der Waals surface area contributed by atoms with Gasteiger partial charge in [0.2, 0.25) is 0 Å². The molecule has 2 heterocycles. The van der Waals surface area contributed by atoms with Gasteiger partial charge >= 0.3 is 0 Å². The van der Waals surface area contributed by atoms with Gasteiger partial charge < -0.3 is 4.42 Å². The quantitative estimate of drug-likeness (QED) is 0.815. The maximum atomic E-state index is 12.0. The molecule has 0 bridgehead atoms. The van der Waals surface area contributed by atoms with Gasteiger partial charge in [-0.15, -0.1) is 0 Å². The number of pyridine rings is 1. The van der Waals surface area contributed by atoms with Crippen molar-refractivity contribution in [3.8, 4) is 0 Å². The third kappa shape index (κ3) is 2.69. The molecule has 2 N–H and O–H groups in total. The molecular formula is C14H15N3O3. The summed E-state index contributed by atoms with van der Waals surface area (Å²) in [6.07, 6.45) is 1.50. The molecule has 2 aromatic heterocycles. The Hall–Kier alpha value is -2.63. The summed E-state index contributed by atoms with van der Waals surface area (Å²) in [7, 11) is 0. The zero-order chi connectivity index (χ0) is 14.7. The topological polar surface area (TPSA) is 84.2 Å². The van der Waals surface area contributed by atoms with E-state index in [4.69, 9.17) is 4.42 Å². The molecule has 0 saturated heterocycles. The van der Waals surface area contributed by atoms with Gasteiger partial charge in [-0.25, -0.2) is 0 Å². The highest BCUT2D eigenvalue weighted by atomic mass is 16.3. The fourth-order valence-corrected chi connectivity index (χ4v) is 1.86. The summed E-state index contributed by atoms with van der Waals surface area (Å²) in [4.78, 5) is 27.7. The first-order valence-electron chi connectivity index (χ1n) is 6.09. The second-order valence-corrected chi connectivity index (χ2v) is 4.34. The van der Waals surface area contributed by atoms with Crippen molar-refractivity contribution < 1.29 is 14.0 Å². The van der Waals surface area contributed by atoms with Gasteiger partial charge in [0.1, 0.15) is 17.2 Å². The van der Waals surface area contributed by atoms with Gasteiger partial charge in [0.15, 0.2) is 0 Å². The van der Waals surface area contributed by atoms with Crippen LogP contribution in [0.4, 0.5) is 0 Å². The van der Waals surface area contributed by atoms with Crippen LogP contribution in [0.1, 0.15) is 37.9 Å². The third-order valence-electron chi connectivity index (χ3n) is 2.98. The van der Waals surface area contributed by atoms with Crippen molar-refractivity contribution in [2.75, 3.05) is 0 Å². The average Bonchev–Trinajstić information content (AvgIpc) is 2.70. The van der Waals surface area contributed by atoms with Crippen LogP contribution in [0.15, 0.2) is 28.8 Å². The lowest BCUT2D eigenvalue weighted by Crippen LogP contribution is -2.42. The molecule has 0 fully saturated rings. The molecule has 0 radical (unpaired) electrons. The fourth-order valence-electron chi connectivity index (χ4n) is 1.86. The first-order chi connectivity index (χ1) is 9.50. The Labute approximate surface area is 116 Å². The smallest absolute Gasteiger partial charge is 0.288 e. The fraction of sp³-hybridized carbons (Fsp3) is 0.214. The number of hydrazine groups is 1. The molecule has 20 heavy (non-hydrogen) atoms. The summed E-state index contributed by atoms with van der Waals surface area (Å²) in [5.41, 5.74) is 6.09. The summed E-state index contributed by atoms with van der Waals surface area (Å²) in [6.45, 7) is 5.28. The molecule has 0 saturated carbocycles. The number of hydrogen-bond acceptors (Lipinski definition) is 4. The van der Waals surface area contributed by atoms with E-state index in [-0.39, 0.29) is 5.69 Å². The molecule has 0 aliphatic rings. The van der Waals surface area contributed by atoms with Crippen LogP contribution < -0.4 is 10.9 Å². The Morgan fingerprint density at radius 1 is 1.05 bits per heavy atom. The van der Waals surface area contributed by atoms with Crippen LogP contribution in [-0.2, 0) is 0 Å². The summed E-state index contributed by atoms with van der Waals surface area (Å²) >= 11 is 0. The highest BCUT2D eigenvalue weighted by Crippen LogP contribution is 2.20. The molecule has 6 heteroatoms. The van der Waals surface area contributed by atoms with E-state index in [1.54, 1.807) is 39.0 Å². The van der Waals surface area contributed by atoms with E-state index in [1.165, 1.54) is 6.20 Å². The van der Waals surface area contributed by atoms with Gasteiger partial charge in [0, 0.05) is 11.8 Å². The molecule has 2 amide bonds. The molecule has 0 spiro atoms. The monoisotopic (exact) mass is 273 g/mol. The van der Waals surface area contributed by atoms with Crippen molar-refractivity contribution >= 4 is 11.8 Å². The summed E-state index contributed by atoms with van der Waals surface area (Å²) in [5, 5.41) is 0. The predicted molar refractivity (Wildman–Crippen MR) is 72.1 cm³/mol. The number of carbonyl (C=O) groups excluding carboxylic acids is 2. The summed E-state index contributed by atoms with van der Waals surface area (Å²) in [6, 6.07) is 4.95. The van der Waals surface area contributed by atoms with Gasteiger partial charge in [0.05, 0.1) is 5.56 Å². The summed E-state index contributed by atoms with van der Waals surface area (Å²) in [5.74, 6) is 0.309. The molecule has 0 aromatic carbocycles. The van der Waals surface area contributed by atoms with E-state index in [9.17, 15) is 9.59 Å². The van der Waals surface area contributed by atoms with Crippen LogP contribution in [-0.4, -0.2) is 16.8 Å². The number of furan rings is 1. The highest BCUT2D eigenvalue weighted by Gasteiger charge is 2.19. The Morgan fingerprint density at radius 2 is 1.75 bits per heavy atom. The van der Waals surface area contributed by atoms with Gasteiger partial charge in [0.25, 0.3) is 11.8 Å². The number of carbonyl (C=O) groups is 2. The molecule has 0 atom stereocenters. The molecule has 0 unspecified atom stereocenters. The number of nitrogens with zero attached hydrogens (tertiary/aromatic N) is 1. The molecule has 104 valence electrons. The minimum Gasteiger partial charge on any atom is -0.466 e. The lowest BCUT2D eigenvalue weighted by Gasteiger charge is -2.06. The molecule has 2 rings (SSSR count). The lowest BCUT2D eigenvalue weighted by molar-refractivity contribution is 0.0842. The SMILES string of the molecule is Cc1oc(C)c(C(=O)NNC(=O)c2ccccn2)c1C. The van der Waals surface area contributed by atoms with Crippen molar-refractivity contribution in [2.45, 2.75) is 20.8 Å². The normalized spacial score (nSPS) is 10.2. The van der Waals surface area contributed by atoms with Crippen molar-refractivity contribution in [2.24, 2.45) is 0 Å². The summed E-state index contributed by atoms with van der Waals surface area (Å²) < 4.78 is 5.37. The molecule has 0 aliphatic heterocycles. The third-order valence-corrected chi connectivity index (χ3v) is 2.98. The van der Waals surface area contributed by atoms with Crippen LogP contribution in [0.25, 0.3) is 0 Å². The highest BCUT2D eigenvalue weighted by molar-refractivity contribution is 5.99. The number of aromatic nitrogens is 1. The van der Waals surface area contributed by atoms with Gasteiger partial charge in [-0.05, 0) is 32.9 Å². The van der Waals surface area contributed by atoms with Crippen LogP contribution in [0, 0.1) is 20.8 Å². The van der Waals surface area contributed by atoms with Crippen LogP contribution >= 0.6 is 0 Å². The lowest BCUT2D eigenvalue weighted by atomic mass is 10.1. The Kier molecular flexibility index (Phi) is 3.84. The number of hydrogen-bond donors (Lipinski definition) is 2. The second kappa shape index (κ2) is 5.56. The maximum absolute atomic E-state index is 12.0. The van der Waals surface area contributed by atoms with Crippen molar-refractivity contribution in [3.63, 3.8) is 0 Å². The zero-order valence-corrected chi connectivity index (χ0v) is 11.5. The maximum Gasteiger partial charge on any atom is 0.288 e. The van der Waals surface area contributed by atoms with E-state index < -0.39 is 11.8 Å². The van der Waals surface area contributed by atoms with Crippen LogP contribution in [0.2, 0.25) is 0 Å². The van der Waals surface area contributed by atoms with Crippen molar-refractivity contribution in [3.05, 3.63) is 52.7 Å². The van der Waals surface area contributed by atoms with Crippen molar-refractivity contribution in [1.29, 1.82) is 0 Å². The Bertz CT molecular complexity index is 647. The van der Waals surface area contributed by atoms with E-state index in [0.717, 1.165) is 5.56 Å². The molecule has 6 nitrogen and oxygen atoms in total. The standard InChI is InChI=1S/C14H15N3O3/c1-8-9(2)20-10(3)12(8)14(19)17-16-13(18)11-6-4-5-7-15-11/h4-7H,1-3H3,(H,16,18)(H,17,19). The van der Waals surface area contributed by atoms with Crippen LogP contribution in [0.3, 0.4) is 0 Å². The first kappa shape index (κ1) is 13.8.